The Labute approximate surface area is 194 Å². The van der Waals surface area contributed by atoms with Crippen molar-refractivity contribution in [2.24, 2.45) is 35.5 Å². The Balaban J connectivity index is 1.02. The van der Waals surface area contributed by atoms with E-state index in [1.807, 2.05) is 26.0 Å². The lowest BCUT2D eigenvalue weighted by Crippen LogP contribution is -2.40. The molecule has 0 N–H and O–H groups in total. The second kappa shape index (κ2) is 8.54. The van der Waals surface area contributed by atoms with Gasteiger partial charge in [0.05, 0.1) is 11.8 Å². The van der Waals surface area contributed by atoms with Crippen LogP contribution in [0.1, 0.15) is 53.6 Å². The SMILES string of the molecule is Cc1ccc(C(=O)COC(=O)CCCCCN2C(=O)[C@@H]3[C@H]4C=C[C@@H]([C@@H]5C[C@H]45)[C@H]3C2=O)cc1C. The van der Waals surface area contributed by atoms with Crippen LogP contribution in [0.25, 0.3) is 0 Å². The van der Waals surface area contributed by atoms with E-state index in [9.17, 15) is 19.2 Å². The summed E-state index contributed by atoms with van der Waals surface area (Å²) in [5, 5.41) is 0. The number of ether oxygens (including phenoxy) is 1. The Kier molecular flexibility index (Phi) is 5.71. The standard InChI is InChI=1S/C27H31NO5/c1-15-7-8-17(12-16(15)2)22(29)14-33-23(30)6-4-3-5-11-28-26(31)24-18-9-10-19(21-13-20(18)21)25(24)27(28)32/h7-10,12,18-21,24-25H,3-6,11,13-14H2,1-2H3/t18-,19-,20-,21+,24+,25+/m0/s1. The van der Waals surface area contributed by atoms with Gasteiger partial charge in [0.15, 0.2) is 12.4 Å². The number of carbonyl (C=O) groups excluding carboxylic acids is 4. The molecule has 4 aliphatic carbocycles. The number of unbranched alkanes of at least 4 members (excludes halogenated alkanes) is 2. The van der Waals surface area contributed by atoms with Crippen LogP contribution in [0.5, 0.6) is 0 Å². The zero-order valence-corrected chi connectivity index (χ0v) is 19.3. The fourth-order valence-electron chi connectivity index (χ4n) is 6.17. The Hall–Kier alpha value is -2.76. The molecule has 0 spiro atoms. The van der Waals surface area contributed by atoms with Crippen molar-refractivity contribution in [3.05, 3.63) is 47.0 Å². The molecule has 2 saturated carbocycles. The molecule has 1 aromatic rings. The van der Waals surface area contributed by atoms with E-state index in [0.29, 0.717) is 36.8 Å². The van der Waals surface area contributed by atoms with Crippen LogP contribution < -0.4 is 0 Å². The van der Waals surface area contributed by atoms with Gasteiger partial charge in [-0.15, -0.1) is 0 Å². The summed E-state index contributed by atoms with van der Waals surface area (Å²) < 4.78 is 5.14. The largest absolute Gasteiger partial charge is 0.457 e. The molecule has 5 aliphatic rings. The van der Waals surface area contributed by atoms with Gasteiger partial charge in [-0.05, 0) is 74.0 Å². The topological polar surface area (TPSA) is 80.8 Å². The Morgan fingerprint density at radius 1 is 0.939 bits per heavy atom. The van der Waals surface area contributed by atoms with Gasteiger partial charge in [0.2, 0.25) is 11.8 Å². The number of esters is 1. The van der Waals surface area contributed by atoms with E-state index in [-0.39, 0.29) is 54.3 Å². The van der Waals surface area contributed by atoms with Crippen molar-refractivity contribution < 1.29 is 23.9 Å². The Morgan fingerprint density at radius 3 is 2.24 bits per heavy atom. The lowest BCUT2D eigenvalue weighted by molar-refractivity contribution is -0.143. The highest BCUT2D eigenvalue weighted by molar-refractivity contribution is 6.06. The summed E-state index contributed by atoms with van der Waals surface area (Å²) in [7, 11) is 0. The van der Waals surface area contributed by atoms with Crippen molar-refractivity contribution in [2.45, 2.75) is 46.0 Å². The van der Waals surface area contributed by atoms with Crippen molar-refractivity contribution >= 4 is 23.6 Å². The van der Waals surface area contributed by atoms with E-state index >= 15 is 0 Å². The van der Waals surface area contributed by atoms with Gasteiger partial charge in [-0.1, -0.05) is 30.7 Å². The van der Waals surface area contributed by atoms with E-state index < -0.39 is 5.97 Å². The number of allylic oxidation sites excluding steroid dienone is 2. The van der Waals surface area contributed by atoms with Gasteiger partial charge >= 0.3 is 5.97 Å². The zero-order valence-electron chi connectivity index (χ0n) is 19.3. The molecule has 1 heterocycles. The molecule has 0 unspecified atom stereocenters. The van der Waals surface area contributed by atoms with E-state index in [1.165, 1.54) is 11.3 Å². The van der Waals surface area contributed by atoms with Gasteiger partial charge in [0, 0.05) is 18.5 Å². The predicted octanol–water partition coefficient (Wildman–Crippen LogP) is 3.64. The zero-order chi connectivity index (χ0) is 23.3. The molecule has 1 aliphatic heterocycles. The van der Waals surface area contributed by atoms with E-state index in [2.05, 4.69) is 12.2 Å². The van der Waals surface area contributed by atoms with Crippen LogP contribution in [-0.4, -0.2) is 41.6 Å². The van der Waals surface area contributed by atoms with Crippen molar-refractivity contribution in [3.8, 4) is 0 Å². The number of ketones is 1. The maximum Gasteiger partial charge on any atom is 0.306 e. The number of benzene rings is 1. The van der Waals surface area contributed by atoms with Crippen LogP contribution in [0.4, 0.5) is 0 Å². The average molecular weight is 450 g/mol. The number of Topliss-reactive ketones (excluding diaryl/α,β-unsaturated/α-hetero) is 1. The van der Waals surface area contributed by atoms with Crippen LogP contribution in [0.2, 0.25) is 0 Å². The molecule has 6 nitrogen and oxygen atoms in total. The minimum Gasteiger partial charge on any atom is -0.457 e. The maximum atomic E-state index is 12.9. The summed E-state index contributed by atoms with van der Waals surface area (Å²) >= 11 is 0. The summed E-state index contributed by atoms with van der Waals surface area (Å²) in [5.74, 6) is 0.894. The number of likely N-dealkylation sites (tertiary alicyclic amines) is 1. The fraction of sp³-hybridized carbons (Fsp3) is 0.556. The summed E-state index contributed by atoms with van der Waals surface area (Å²) in [6, 6.07) is 5.45. The van der Waals surface area contributed by atoms with E-state index in [0.717, 1.165) is 17.5 Å². The van der Waals surface area contributed by atoms with Crippen molar-refractivity contribution in [1.29, 1.82) is 0 Å². The molecule has 0 aromatic heterocycles. The maximum absolute atomic E-state index is 12.9. The number of aryl methyl sites for hydroxylation is 2. The minimum absolute atomic E-state index is 0.0129. The van der Waals surface area contributed by atoms with E-state index in [4.69, 9.17) is 4.74 Å². The summed E-state index contributed by atoms with van der Waals surface area (Å²) in [4.78, 5) is 51.6. The first kappa shape index (κ1) is 22.1. The molecule has 1 saturated heterocycles. The van der Waals surface area contributed by atoms with Crippen molar-refractivity contribution in [3.63, 3.8) is 0 Å². The van der Waals surface area contributed by atoms with Gasteiger partial charge in [-0.25, -0.2) is 0 Å². The average Bonchev–Trinajstić information content (AvgIpc) is 3.59. The first-order valence-electron chi connectivity index (χ1n) is 12.2. The van der Waals surface area contributed by atoms with Crippen LogP contribution in [-0.2, 0) is 19.1 Å². The molecule has 6 rings (SSSR count). The second-order valence-electron chi connectivity index (χ2n) is 10.2. The number of imide groups is 1. The lowest BCUT2D eigenvalue weighted by atomic mass is 9.63. The lowest BCUT2D eigenvalue weighted by Gasteiger charge is -2.37. The molecule has 6 atom stereocenters. The number of carbonyl (C=O) groups is 4. The smallest absolute Gasteiger partial charge is 0.306 e. The molecular weight excluding hydrogens is 418 g/mol. The highest BCUT2D eigenvalue weighted by Gasteiger charge is 2.66. The second-order valence-corrected chi connectivity index (χ2v) is 10.2. The summed E-state index contributed by atoms with van der Waals surface area (Å²) in [6.07, 6.45) is 7.78. The number of hydrogen-bond donors (Lipinski definition) is 0. The van der Waals surface area contributed by atoms with Gasteiger partial charge in [0.1, 0.15) is 0 Å². The monoisotopic (exact) mass is 449 g/mol. The van der Waals surface area contributed by atoms with Crippen molar-refractivity contribution in [2.75, 3.05) is 13.2 Å². The van der Waals surface area contributed by atoms with Crippen LogP contribution in [0.3, 0.4) is 0 Å². The molecule has 6 heteroatoms. The third kappa shape index (κ3) is 3.94. The third-order valence-corrected chi connectivity index (χ3v) is 8.21. The molecule has 2 bridgehead atoms. The number of hydrogen-bond acceptors (Lipinski definition) is 5. The third-order valence-electron chi connectivity index (χ3n) is 8.21. The summed E-state index contributed by atoms with van der Waals surface area (Å²) in [5.41, 5.74) is 2.69. The quantitative estimate of drug-likeness (QED) is 0.189. The van der Waals surface area contributed by atoms with Gasteiger partial charge < -0.3 is 4.74 Å². The first-order chi connectivity index (χ1) is 15.9. The van der Waals surface area contributed by atoms with Crippen LogP contribution >= 0.6 is 0 Å². The number of rotatable bonds is 9. The molecule has 3 fully saturated rings. The van der Waals surface area contributed by atoms with Crippen LogP contribution in [0, 0.1) is 49.4 Å². The van der Waals surface area contributed by atoms with Gasteiger partial charge in [-0.2, -0.15) is 0 Å². The molecule has 2 amide bonds. The molecular formula is C27H31NO5. The molecule has 33 heavy (non-hydrogen) atoms. The number of nitrogens with zero attached hydrogens (tertiary/aromatic N) is 1. The molecule has 174 valence electrons. The summed E-state index contributed by atoms with van der Waals surface area (Å²) in [6.45, 7) is 4.10. The Morgan fingerprint density at radius 2 is 1.61 bits per heavy atom. The van der Waals surface area contributed by atoms with Crippen molar-refractivity contribution in [1.82, 2.24) is 4.90 Å². The normalized spacial score (nSPS) is 30.9. The highest BCUT2D eigenvalue weighted by atomic mass is 16.5. The molecule has 1 aromatic carbocycles. The molecule has 0 radical (unpaired) electrons. The van der Waals surface area contributed by atoms with Crippen LogP contribution in [0.15, 0.2) is 30.4 Å². The first-order valence-corrected chi connectivity index (χ1v) is 12.2. The van der Waals surface area contributed by atoms with E-state index in [1.54, 1.807) is 6.07 Å². The highest BCUT2D eigenvalue weighted by Crippen LogP contribution is 2.65. The minimum atomic E-state index is -0.395. The Bertz CT molecular complexity index is 1010. The van der Waals surface area contributed by atoms with Gasteiger partial charge in [-0.3, -0.25) is 24.1 Å². The fourth-order valence-corrected chi connectivity index (χ4v) is 6.17. The number of amides is 2. The van der Waals surface area contributed by atoms with Gasteiger partial charge in [0.25, 0.3) is 0 Å². The predicted molar refractivity (Wildman–Crippen MR) is 121 cm³/mol.